The molecular formula is C23H22F3N3O3. The zero-order valence-corrected chi connectivity index (χ0v) is 17.6. The molecule has 0 spiro atoms. The predicted molar refractivity (Wildman–Crippen MR) is 113 cm³/mol. The minimum absolute atomic E-state index is 0.0953. The molecule has 0 aliphatic carbocycles. The van der Waals surface area contributed by atoms with Gasteiger partial charge in [0.2, 0.25) is 5.43 Å². The van der Waals surface area contributed by atoms with Crippen LogP contribution in [0.3, 0.4) is 0 Å². The number of benzene rings is 2. The Bertz CT molecular complexity index is 1170. The van der Waals surface area contributed by atoms with Crippen molar-refractivity contribution < 1.29 is 22.7 Å². The first-order valence-corrected chi connectivity index (χ1v) is 9.91. The van der Waals surface area contributed by atoms with Crippen molar-refractivity contribution in [3.8, 4) is 11.4 Å². The molecule has 3 rings (SSSR count). The Morgan fingerprint density at radius 3 is 2.56 bits per heavy atom. The van der Waals surface area contributed by atoms with E-state index in [1.165, 1.54) is 25.1 Å². The summed E-state index contributed by atoms with van der Waals surface area (Å²) in [5.41, 5.74) is -0.394. The normalized spacial score (nSPS) is 11.3. The summed E-state index contributed by atoms with van der Waals surface area (Å²) in [7, 11) is 0. The second-order valence-electron chi connectivity index (χ2n) is 7.23. The first-order valence-electron chi connectivity index (χ1n) is 9.91. The molecule has 2 aromatic carbocycles. The van der Waals surface area contributed by atoms with Gasteiger partial charge < -0.3 is 10.1 Å². The molecule has 1 amide bonds. The predicted octanol–water partition coefficient (Wildman–Crippen LogP) is 4.07. The minimum atomic E-state index is -4.52. The Morgan fingerprint density at radius 1 is 1.09 bits per heavy atom. The van der Waals surface area contributed by atoms with Crippen molar-refractivity contribution in [1.29, 1.82) is 0 Å². The first-order chi connectivity index (χ1) is 15.1. The third-order valence-electron chi connectivity index (χ3n) is 4.61. The van der Waals surface area contributed by atoms with Crippen molar-refractivity contribution in [2.45, 2.75) is 26.4 Å². The number of rotatable bonds is 7. The van der Waals surface area contributed by atoms with Gasteiger partial charge in [-0.15, -0.1) is 0 Å². The van der Waals surface area contributed by atoms with Gasteiger partial charge in [-0.25, -0.2) is 4.68 Å². The number of aryl methyl sites for hydroxylation is 2. The van der Waals surface area contributed by atoms with Gasteiger partial charge in [0, 0.05) is 18.3 Å². The fourth-order valence-electron chi connectivity index (χ4n) is 3.03. The van der Waals surface area contributed by atoms with Crippen LogP contribution in [-0.2, 0) is 6.18 Å². The molecule has 0 radical (unpaired) electrons. The molecule has 0 saturated carbocycles. The van der Waals surface area contributed by atoms with Crippen LogP contribution in [0.15, 0.2) is 59.4 Å². The van der Waals surface area contributed by atoms with Crippen LogP contribution in [0.25, 0.3) is 5.69 Å². The van der Waals surface area contributed by atoms with E-state index in [9.17, 15) is 22.8 Å². The number of nitrogens with one attached hydrogen (secondary N) is 1. The number of carbonyl (C=O) groups excluding carboxylic acids is 1. The lowest BCUT2D eigenvalue weighted by atomic mass is 10.2. The van der Waals surface area contributed by atoms with E-state index in [-0.39, 0.29) is 12.2 Å². The van der Waals surface area contributed by atoms with E-state index in [4.69, 9.17) is 4.74 Å². The topological polar surface area (TPSA) is 73.2 Å². The van der Waals surface area contributed by atoms with Gasteiger partial charge in [0.05, 0.1) is 17.9 Å². The lowest BCUT2D eigenvalue weighted by Crippen LogP contribution is -2.33. The van der Waals surface area contributed by atoms with Crippen LogP contribution in [0.2, 0.25) is 0 Å². The molecular weight excluding hydrogens is 423 g/mol. The summed E-state index contributed by atoms with van der Waals surface area (Å²) >= 11 is 0. The number of aromatic nitrogens is 2. The summed E-state index contributed by atoms with van der Waals surface area (Å²) in [6, 6.07) is 13.2. The smallest absolute Gasteiger partial charge is 0.416 e. The monoisotopic (exact) mass is 445 g/mol. The average Bonchev–Trinajstić information content (AvgIpc) is 2.73. The molecule has 0 aliphatic rings. The van der Waals surface area contributed by atoms with Gasteiger partial charge in [0.15, 0.2) is 5.69 Å². The van der Waals surface area contributed by atoms with Crippen molar-refractivity contribution in [1.82, 2.24) is 15.1 Å². The molecule has 3 aromatic rings. The minimum Gasteiger partial charge on any atom is -0.494 e. The van der Waals surface area contributed by atoms with Gasteiger partial charge in [-0.05, 0) is 56.2 Å². The maximum atomic E-state index is 13.0. The van der Waals surface area contributed by atoms with E-state index < -0.39 is 28.8 Å². The quantitative estimate of drug-likeness (QED) is 0.557. The molecule has 0 bridgehead atoms. The summed E-state index contributed by atoms with van der Waals surface area (Å²) in [6.07, 6.45) is -4.03. The largest absolute Gasteiger partial charge is 0.494 e. The van der Waals surface area contributed by atoms with Crippen LogP contribution in [0.1, 0.15) is 33.7 Å². The Balaban J connectivity index is 1.67. The molecule has 32 heavy (non-hydrogen) atoms. The second-order valence-corrected chi connectivity index (χ2v) is 7.23. The molecule has 0 saturated heterocycles. The molecule has 168 valence electrons. The summed E-state index contributed by atoms with van der Waals surface area (Å²) < 4.78 is 45.8. The van der Waals surface area contributed by atoms with Crippen molar-refractivity contribution in [3.63, 3.8) is 0 Å². The van der Waals surface area contributed by atoms with Crippen LogP contribution in [0, 0.1) is 13.8 Å². The van der Waals surface area contributed by atoms with E-state index in [1.807, 2.05) is 31.2 Å². The highest BCUT2D eigenvalue weighted by molar-refractivity contribution is 5.92. The van der Waals surface area contributed by atoms with Crippen LogP contribution in [-0.4, -0.2) is 28.8 Å². The van der Waals surface area contributed by atoms with Gasteiger partial charge in [0.25, 0.3) is 5.91 Å². The standard InChI is InChI=1S/C23H22F3N3O3/c1-15-6-3-9-19(12-15)32-11-5-10-27-22(31)21-20(30)13-16(2)29(28-21)18-8-4-7-17(14-18)23(24,25)26/h3-4,6-9,12-14H,5,10-11H2,1-2H3,(H,27,31). The average molecular weight is 445 g/mol. The maximum absolute atomic E-state index is 13.0. The summed E-state index contributed by atoms with van der Waals surface area (Å²) in [6.45, 7) is 4.08. The highest BCUT2D eigenvalue weighted by Crippen LogP contribution is 2.30. The Hall–Kier alpha value is -3.62. The Kier molecular flexibility index (Phi) is 6.97. The van der Waals surface area contributed by atoms with Gasteiger partial charge in [-0.2, -0.15) is 18.3 Å². The highest BCUT2D eigenvalue weighted by atomic mass is 19.4. The lowest BCUT2D eigenvalue weighted by molar-refractivity contribution is -0.137. The van der Waals surface area contributed by atoms with Crippen molar-refractivity contribution in [2.24, 2.45) is 0 Å². The number of alkyl halides is 3. The van der Waals surface area contributed by atoms with E-state index >= 15 is 0 Å². The molecule has 0 atom stereocenters. The third-order valence-corrected chi connectivity index (χ3v) is 4.61. The SMILES string of the molecule is Cc1cccc(OCCCNC(=O)c2nn(-c3cccc(C(F)(F)F)c3)c(C)cc2=O)c1. The van der Waals surface area contributed by atoms with Gasteiger partial charge in [-0.1, -0.05) is 18.2 Å². The number of amides is 1. The molecule has 1 heterocycles. The molecule has 1 N–H and O–H groups in total. The van der Waals surface area contributed by atoms with Crippen molar-refractivity contribution in [2.75, 3.05) is 13.2 Å². The number of hydrogen-bond acceptors (Lipinski definition) is 4. The van der Waals surface area contributed by atoms with Crippen LogP contribution < -0.4 is 15.5 Å². The molecule has 9 heteroatoms. The second kappa shape index (κ2) is 9.67. The number of carbonyl (C=O) groups is 1. The highest BCUT2D eigenvalue weighted by Gasteiger charge is 2.30. The van der Waals surface area contributed by atoms with E-state index in [1.54, 1.807) is 0 Å². The summed E-state index contributed by atoms with van der Waals surface area (Å²) in [5.74, 6) is 0.0202. The Morgan fingerprint density at radius 2 is 1.84 bits per heavy atom. The molecule has 0 aliphatic heterocycles. The van der Waals surface area contributed by atoms with Crippen LogP contribution >= 0.6 is 0 Å². The van der Waals surface area contributed by atoms with Gasteiger partial charge >= 0.3 is 6.18 Å². The molecule has 6 nitrogen and oxygen atoms in total. The zero-order valence-electron chi connectivity index (χ0n) is 17.6. The Labute approximate surface area is 182 Å². The van der Waals surface area contributed by atoms with E-state index in [0.717, 1.165) is 28.1 Å². The maximum Gasteiger partial charge on any atom is 0.416 e. The third kappa shape index (κ3) is 5.75. The van der Waals surface area contributed by atoms with E-state index in [2.05, 4.69) is 10.4 Å². The summed E-state index contributed by atoms with van der Waals surface area (Å²) in [4.78, 5) is 24.7. The molecule has 1 aromatic heterocycles. The first kappa shape index (κ1) is 23.1. The van der Waals surface area contributed by atoms with E-state index in [0.29, 0.717) is 18.7 Å². The van der Waals surface area contributed by atoms with Crippen molar-refractivity contribution >= 4 is 5.91 Å². The van der Waals surface area contributed by atoms with Crippen LogP contribution in [0.5, 0.6) is 5.75 Å². The van der Waals surface area contributed by atoms with Gasteiger partial charge in [-0.3, -0.25) is 9.59 Å². The van der Waals surface area contributed by atoms with Gasteiger partial charge in [0.1, 0.15) is 5.75 Å². The fraction of sp³-hybridized carbons (Fsp3) is 0.261. The van der Waals surface area contributed by atoms with Crippen LogP contribution in [0.4, 0.5) is 13.2 Å². The molecule has 0 fully saturated rings. The van der Waals surface area contributed by atoms with Crippen molar-refractivity contribution in [3.05, 3.63) is 87.3 Å². The number of hydrogen-bond donors (Lipinski definition) is 1. The number of ether oxygens (including phenoxy) is 1. The fourth-order valence-corrected chi connectivity index (χ4v) is 3.03. The summed E-state index contributed by atoms with van der Waals surface area (Å²) in [5, 5.41) is 6.61. The lowest BCUT2D eigenvalue weighted by Gasteiger charge is -2.13. The molecule has 0 unspecified atom stereocenters. The number of halogens is 3. The zero-order chi connectivity index (χ0) is 23.3. The number of nitrogens with zero attached hydrogens (tertiary/aromatic N) is 2.